The summed E-state index contributed by atoms with van der Waals surface area (Å²) in [5.74, 6) is 1.40. The smallest absolute Gasteiger partial charge is 0.390 e. The molecule has 3 aliphatic rings. The molecule has 2 N–H and O–H groups in total. The zero-order chi connectivity index (χ0) is 34.1. The van der Waals surface area contributed by atoms with E-state index in [1.807, 2.05) is 13.8 Å². The number of piperidine rings is 2. The van der Waals surface area contributed by atoms with Crippen LogP contribution in [0.25, 0.3) is 11.3 Å². The van der Waals surface area contributed by atoms with Gasteiger partial charge >= 0.3 is 6.18 Å². The number of hydrogen-bond donors (Lipinski definition) is 2. The van der Waals surface area contributed by atoms with Gasteiger partial charge in [0, 0.05) is 60.1 Å². The van der Waals surface area contributed by atoms with Gasteiger partial charge in [0.15, 0.2) is 0 Å². The van der Waals surface area contributed by atoms with Gasteiger partial charge in [-0.2, -0.15) is 22.6 Å². The first kappa shape index (κ1) is 36.6. The predicted molar refractivity (Wildman–Crippen MR) is 179 cm³/mol. The van der Waals surface area contributed by atoms with Crippen molar-refractivity contribution in [1.82, 2.24) is 23.9 Å². The van der Waals surface area contributed by atoms with Crippen LogP contribution in [0.1, 0.15) is 63.3 Å². The van der Waals surface area contributed by atoms with Crippen LogP contribution < -0.4 is 0 Å². The minimum absolute atomic E-state index is 0.0704. The first-order chi connectivity index (χ1) is 22.0. The predicted octanol–water partition coefficient (Wildman–Crippen LogP) is 4.55. The number of fused-ring (bicyclic) bond motifs is 1. The van der Waals surface area contributed by atoms with Crippen LogP contribution in [0.2, 0.25) is 0 Å². The second-order valence-corrected chi connectivity index (χ2v) is 17.4. The molecule has 0 radical (unpaired) electrons. The first-order valence-electron chi connectivity index (χ1n) is 16.7. The molecule has 0 spiro atoms. The van der Waals surface area contributed by atoms with E-state index in [2.05, 4.69) is 16.7 Å². The number of halogens is 3. The topological polar surface area (TPSA) is 102 Å². The maximum Gasteiger partial charge on any atom is 0.417 e. The number of β-amino-alcohol motifs (C(OH)–C–C–N with tert-alkyl or cyclic N) is 1. The van der Waals surface area contributed by atoms with Gasteiger partial charge in [-0.15, -0.1) is 11.8 Å². The van der Waals surface area contributed by atoms with Gasteiger partial charge in [0.2, 0.25) is 10.0 Å². The number of benzene rings is 1. The fourth-order valence-electron chi connectivity index (χ4n) is 7.10. The summed E-state index contributed by atoms with van der Waals surface area (Å²) in [6.07, 6.45) is 0.143. The minimum Gasteiger partial charge on any atom is -0.390 e. The van der Waals surface area contributed by atoms with Crippen LogP contribution in [0.5, 0.6) is 0 Å². The Hall–Kier alpha value is -1.68. The van der Waals surface area contributed by atoms with E-state index in [9.17, 15) is 31.8 Å². The fraction of sp³-hybridized carbons (Fsp3) is 0.727. The minimum atomic E-state index is -4.52. The Bertz CT molecular complexity index is 1480. The molecule has 1 atom stereocenters. The molecule has 0 bridgehead atoms. The van der Waals surface area contributed by atoms with E-state index in [0.29, 0.717) is 48.0 Å². The Balaban J connectivity index is 1.38. The summed E-state index contributed by atoms with van der Waals surface area (Å²) in [5, 5.41) is 26.4. The SMILES string of the molecule is CC1CCN(CCSc2cc(-c3nn(C[C@@H](O)CN4CCC(C(C)(C)O)CC4)c4c3CN(S(C)(=O)=O)CC4)ccc2C(F)(F)F)CC1. The van der Waals surface area contributed by atoms with Gasteiger partial charge in [0.05, 0.1) is 35.8 Å². The van der Waals surface area contributed by atoms with Crippen molar-refractivity contribution in [2.45, 2.75) is 88.7 Å². The van der Waals surface area contributed by atoms with E-state index in [-0.39, 0.29) is 30.4 Å². The number of hydrogen-bond acceptors (Lipinski definition) is 8. The van der Waals surface area contributed by atoms with Crippen LogP contribution in [0.4, 0.5) is 13.2 Å². The number of sulfonamides is 1. The standard InChI is InChI=1S/C33H50F3N5O4S2/c1-23-7-12-38(13-8-23)17-18-46-30-19-24(5-6-28(30)33(34,35)36)31-27-22-40(47(4,44)45)16-11-29(27)41(37-31)21-26(42)20-39-14-9-25(10-15-39)32(2,3)43/h5-6,19,23,25-26,42-43H,7-18,20-22H2,1-4H3/t26-/m0/s1. The van der Waals surface area contributed by atoms with Crippen molar-refractivity contribution in [2.75, 3.05) is 57.8 Å². The molecule has 2 fully saturated rings. The lowest BCUT2D eigenvalue weighted by atomic mass is 9.83. The molecule has 14 heteroatoms. The monoisotopic (exact) mass is 701 g/mol. The highest BCUT2D eigenvalue weighted by molar-refractivity contribution is 7.99. The summed E-state index contributed by atoms with van der Waals surface area (Å²) in [7, 11) is -3.51. The van der Waals surface area contributed by atoms with E-state index in [1.54, 1.807) is 10.7 Å². The van der Waals surface area contributed by atoms with Gasteiger partial charge in [0.1, 0.15) is 0 Å². The largest absolute Gasteiger partial charge is 0.417 e. The molecule has 1 aromatic carbocycles. The third kappa shape index (κ3) is 9.31. The Morgan fingerprint density at radius 3 is 2.30 bits per heavy atom. The number of aliphatic hydroxyl groups is 2. The van der Waals surface area contributed by atoms with Gasteiger partial charge in [-0.05, 0) is 89.7 Å². The van der Waals surface area contributed by atoms with Crippen LogP contribution >= 0.6 is 11.8 Å². The maximum absolute atomic E-state index is 14.1. The third-order valence-corrected chi connectivity index (χ3v) is 12.4. The van der Waals surface area contributed by atoms with Crippen LogP contribution in [0.15, 0.2) is 23.1 Å². The quantitative estimate of drug-likeness (QED) is 0.329. The van der Waals surface area contributed by atoms with Gasteiger partial charge in [-0.25, -0.2) is 8.42 Å². The molecule has 4 heterocycles. The van der Waals surface area contributed by atoms with Gasteiger partial charge in [0.25, 0.3) is 0 Å². The Kier molecular flexibility index (Phi) is 11.4. The van der Waals surface area contributed by atoms with Crippen molar-refractivity contribution in [2.24, 2.45) is 11.8 Å². The van der Waals surface area contributed by atoms with E-state index in [0.717, 1.165) is 69.9 Å². The fourth-order valence-corrected chi connectivity index (χ4v) is 9.01. The number of alkyl halides is 3. The summed E-state index contributed by atoms with van der Waals surface area (Å²) in [6.45, 7) is 11.0. The average Bonchev–Trinajstić information content (AvgIpc) is 3.34. The number of rotatable bonds is 11. The summed E-state index contributed by atoms with van der Waals surface area (Å²) in [6, 6.07) is 4.07. The van der Waals surface area contributed by atoms with Gasteiger partial charge in [-0.3, -0.25) is 4.68 Å². The Morgan fingerprint density at radius 2 is 1.68 bits per heavy atom. The molecular weight excluding hydrogens is 652 g/mol. The van der Waals surface area contributed by atoms with Gasteiger partial charge < -0.3 is 20.0 Å². The molecular formula is C33H50F3N5O4S2. The highest BCUT2D eigenvalue weighted by atomic mass is 32.2. The van der Waals surface area contributed by atoms with Crippen LogP contribution in [-0.4, -0.2) is 112 Å². The van der Waals surface area contributed by atoms with Crippen LogP contribution in [-0.2, 0) is 35.7 Å². The molecule has 3 aliphatic heterocycles. The normalized spacial score (nSPS) is 20.9. The molecule has 2 saturated heterocycles. The second kappa shape index (κ2) is 14.7. The molecule has 9 nitrogen and oxygen atoms in total. The van der Waals surface area contributed by atoms with E-state index in [1.165, 1.54) is 22.1 Å². The first-order valence-corrected chi connectivity index (χ1v) is 19.6. The number of aromatic nitrogens is 2. The van der Waals surface area contributed by atoms with E-state index >= 15 is 0 Å². The Morgan fingerprint density at radius 1 is 1.02 bits per heavy atom. The van der Waals surface area contributed by atoms with E-state index < -0.39 is 33.5 Å². The molecule has 0 amide bonds. The van der Waals surface area contributed by atoms with E-state index in [4.69, 9.17) is 5.10 Å². The van der Waals surface area contributed by atoms with Crippen molar-refractivity contribution in [1.29, 1.82) is 0 Å². The zero-order valence-electron chi connectivity index (χ0n) is 28.0. The molecule has 2 aromatic rings. The average molecular weight is 702 g/mol. The highest BCUT2D eigenvalue weighted by Gasteiger charge is 2.36. The lowest BCUT2D eigenvalue weighted by Crippen LogP contribution is -2.45. The number of nitrogens with zero attached hydrogens (tertiary/aromatic N) is 5. The number of thioether (sulfide) groups is 1. The summed E-state index contributed by atoms with van der Waals surface area (Å²) < 4.78 is 70.5. The number of aliphatic hydroxyl groups excluding tert-OH is 1. The molecule has 264 valence electrons. The molecule has 0 saturated carbocycles. The van der Waals surface area contributed by atoms with Crippen LogP contribution in [0.3, 0.4) is 0 Å². The molecule has 0 aliphatic carbocycles. The second-order valence-electron chi connectivity index (χ2n) is 14.3. The Labute approximate surface area is 281 Å². The lowest BCUT2D eigenvalue weighted by molar-refractivity contribution is -0.139. The molecule has 0 unspecified atom stereocenters. The van der Waals surface area contributed by atoms with Crippen molar-refractivity contribution in [3.05, 3.63) is 35.0 Å². The molecule has 1 aromatic heterocycles. The number of likely N-dealkylation sites (tertiary alicyclic amines) is 2. The van der Waals surface area contributed by atoms with Crippen molar-refractivity contribution in [3.63, 3.8) is 0 Å². The lowest BCUT2D eigenvalue weighted by Gasteiger charge is -2.38. The zero-order valence-corrected chi connectivity index (χ0v) is 29.6. The molecule has 5 rings (SSSR count). The molecule has 47 heavy (non-hydrogen) atoms. The van der Waals surface area contributed by atoms with Crippen molar-refractivity contribution in [3.8, 4) is 11.3 Å². The highest BCUT2D eigenvalue weighted by Crippen LogP contribution is 2.40. The van der Waals surface area contributed by atoms with Crippen molar-refractivity contribution >= 4 is 21.8 Å². The summed E-state index contributed by atoms with van der Waals surface area (Å²) in [5.41, 5.74) is 0.991. The third-order valence-electron chi connectivity index (χ3n) is 10.1. The summed E-state index contributed by atoms with van der Waals surface area (Å²) >= 11 is 1.19. The van der Waals surface area contributed by atoms with Crippen LogP contribution in [0, 0.1) is 11.8 Å². The van der Waals surface area contributed by atoms with Gasteiger partial charge in [-0.1, -0.05) is 13.0 Å². The summed E-state index contributed by atoms with van der Waals surface area (Å²) in [4.78, 5) is 4.62. The van der Waals surface area contributed by atoms with Crippen molar-refractivity contribution < 1.29 is 31.8 Å². The maximum atomic E-state index is 14.1.